The maximum absolute atomic E-state index is 10.8. The van der Waals surface area contributed by atoms with Crippen molar-refractivity contribution in [3.63, 3.8) is 0 Å². The Balaban J connectivity index is 1.72. The molecule has 0 radical (unpaired) electrons. The number of hydrogen-bond donors (Lipinski definition) is 3. The molecule has 0 bridgehead atoms. The van der Waals surface area contributed by atoms with Crippen molar-refractivity contribution >= 4 is 23.1 Å². The van der Waals surface area contributed by atoms with E-state index in [-0.39, 0.29) is 5.69 Å². The summed E-state index contributed by atoms with van der Waals surface area (Å²) in [7, 11) is 0. The van der Waals surface area contributed by atoms with E-state index in [1.54, 1.807) is 30.9 Å². The molecule has 0 aliphatic rings. The van der Waals surface area contributed by atoms with E-state index in [4.69, 9.17) is 5.11 Å². The maximum atomic E-state index is 10.8. The van der Waals surface area contributed by atoms with E-state index < -0.39 is 5.97 Å². The van der Waals surface area contributed by atoms with E-state index in [0.29, 0.717) is 17.2 Å². The van der Waals surface area contributed by atoms with Gasteiger partial charge < -0.3 is 10.4 Å². The summed E-state index contributed by atoms with van der Waals surface area (Å²) in [6, 6.07) is 3.05. The monoisotopic (exact) mass is 321 g/mol. The molecule has 4 heterocycles. The van der Waals surface area contributed by atoms with E-state index >= 15 is 0 Å². The first kappa shape index (κ1) is 13.9. The molecule has 0 saturated heterocycles. The molecule has 0 spiro atoms. The second-order valence-electron chi connectivity index (χ2n) is 4.96. The Kier molecular flexibility index (Phi) is 3.16. The largest absolute Gasteiger partial charge is 0.477 e. The number of aromatic amines is 1. The van der Waals surface area contributed by atoms with Crippen molar-refractivity contribution < 1.29 is 9.90 Å². The van der Waals surface area contributed by atoms with Crippen molar-refractivity contribution in [2.24, 2.45) is 0 Å². The van der Waals surface area contributed by atoms with Crippen LogP contribution in [0.4, 0.5) is 11.5 Å². The van der Waals surface area contributed by atoms with E-state index in [1.165, 1.54) is 12.3 Å². The molecule has 0 unspecified atom stereocenters. The van der Waals surface area contributed by atoms with Gasteiger partial charge in [-0.2, -0.15) is 5.10 Å². The molecular formula is C15H11N7O2. The molecule has 0 fully saturated rings. The summed E-state index contributed by atoms with van der Waals surface area (Å²) >= 11 is 0. The molecule has 4 aromatic rings. The van der Waals surface area contributed by atoms with Crippen LogP contribution in [-0.2, 0) is 0 Å². The highest BCUT2D eigenvalue weighted by Crippen LogP contribution is 2.24. The molecule has 9 nitrogen and oxygen atoms in total. The average Bonchev–Trinajstić information content (AvgIpc) is 3.27. The molecule has 0 saturated carbocycles. The summed E-state index contributed by atoms with van der Waals surface area (Å²) in [6.45, 7) is 0. The Hall–Kier alpha value is -3.75. The van der Waals surface area contributed by atoms with E-state index in [1.807, 2.05) is 10.6 Å². The smallest absolute Gasteiger partial charge is 0.354 e. The molecule has 0 amide bonds. The number of H-pyrrole nitrogens is 1. The van der Waals surface area contributed by atoms with Gasteiger partial charge in [-0.3, -0.25) is 9.50 Å². The second-order valence-corrected chi connectivity index (χ2v) is 4.96. The van der Waals surface area contributed by atoms with Gasteiger partial charge >= 0.3 is 5.97 Å². The number of hydrogen-bond acceptors (Lipinski definition) is 6. The van der Waals surface area contributed by atoms with Gasteiger partial charge in [0, 0.05) is 24.2 Å². The quantitative estimate of drug-likeness (QED) is 0.525. The summed E-state index contributed by atoms with van der Waals surface area (Å²) < 4.78 is 1.89. The van der Waals surface area contributed by atoms with Gasteiger partial charge in [0.05, 0.1) is 30.0 Å². The molecule has 9 heteroatoms. The van der Waals surface area contributed by atoms with Gasteiger partial charge in [0.25, 0.3) is 0 Å². The van der Waals surface area contributed by atoms with Crippen molar-refractivity contribution in [3.8, 4) is 11.3 Å². The number of nitrogens with one attached hydrogen (secondary N) is 2. The van der Waals surface area contributed by atoms with Gasteiger partial charge in [-0.05, 0) is 12.1 Å². The van der Waals surface area contributed by atoms with Crippen molar-refractivity contribution in [3.05, 3.63) is 55.0 Å². The molecule has 0 aliphatic heterocycles. The number of aromatic nitrogens is 6. The van der Waals surface area contributed by atoms with Crippen LogP contribution in [0.25, 0.3) is 16.9 Å². The van der Waals surface area contributed by atoms with Gasteiger partial charge in [0.1, 0.15) is 5.69 Å². The predicted molar refractivity (Wildman–Crippen MR) is 85.0 cm³/mol. The first-order valence-corrected chi connectivity index (χ1v) is 7.00. The number of anilines is 2. The van der Waals surface area contributed by atoms with Crippen LogP contribution in [-0.4, -0.2) is 40.6 Å². The minimum atomic E-state index is -1.07. The lowest BCUT2D eigenvalue weighted by atomic mass is 10.2. The Labute approximate surface area is 135 Å². The van der Waals surface area contributed by atoms with Gasteiger partial charge in [0.2, 0.25) is 0 Å². The number of carboxylic acid groups (broad SMARTS) is 1. The van der Waals surface area contributed by atoms with Crippen molar-refractivity contribution in [2.45, 2.75) is 0 Å². The fourth-order valence-electron chi connectivity index (χ4n) is 2.34. The highest BCUT2D eigenvalue weighted by molar-refractivity contribution is 5.85. The molecule has 0 atom stereocenters. The third-order valence-corrected chi connectivity index (χ3v) is 3.47. The zero-order valence-electron chi connectivity index (χ0n) is 12.2. The first-order valence-electron chi connectivity index (χ1n) is 7.00. The van der Waals surface area contributed by atoms with Gasteiger partial charge in [-0.25, -0.2) is 19.7 Å². The zero-order valence-corrected chi connectivity index (χ0v) is 12.2. The molecule has 118 valence electrons. The number of carboxylic acids is 1. The minimum Gasteiger partial charge on any atom is -0.477 e. The Morgan fingerprint density at radius 3 is 2.79 bits per heavy atom. The number of carbonyl (C=O) groups is 1. The lowest BCUT2D eigenvalue weighted by molar-refractivity contribution is 0.0690. The first-order chi connectivity index (χ1) is 11.7. The summed E-state index contributed by atoms with van der Waals surface area (Å²) in [5.74, 6) is -0.531. The Morgan fingerprint density at radius 1 is 1.17 bits per heavy atom. The topological polar surface area (TPSA) is 121 Å². The molecule has 4 aromatic heterocycles. The van der Waals surface area contributed by atoms with Crippen LogP contribution in [0, 0.1) is 0 Å². The van der Waals surface area contributed by atoms with E-state index in [2.05, 4.69) is 30.5 Å². The number of nitrogens with zero attached hydrogens (tertiary/aromatic N) is 5. The van der Waals surface area contributed by atoms with Crippen LogP contribution in [0.5, 0.6) is 0 Å². The normalized spacial score (nSPS) is 10.8. The number of fused-ring (bicyclic) bond motifs is 1. The third kappa shape index (κ3) is 2.33. The van der Waals surface area contributed by atoms with Crippen LogP contribution in [0.1, 0.15) is 10.5 Å². The maximum Gasteiger partial charge on any atom is 0.354 e. The van der Waals surface area contributed by atoms with Crippen molar-refractivity contribution in [1.82, 2.24) is 29.5 Å². The minimum absolute atomic E-state index is 0.0187. The highest BCUT2D eigenvalue weighted by atomic mass is 16.4. The SMILES string of the molecule is O=C(O)c1ccc(Nc2ncc(-c3cn[nH]c3)n3ccnc23)cn1. The van der Waals surface area contributed by atoms with Crippen molar-refractivity contribution in [2.75, 3.05) is 5.32 Å². The molecule has 0 aromatic carbocycles. The van der Waals surface area contributed by atoms with Gasteiger partial charge in [-0.1, -0.05) is 0 Å². The lowest BCUT2D eigenvalue weighted by Crippen LogP contribution is -2.03. The Morgan fingerprint density at radius 2 is 2.08 bits per heavy atom. The predicted octanol–water partition coefficient (Wildman–Crippen LogP) is 1.96. The molecule has 24 heavy (non-hydrogen) atoms. The van der Waals surface area contributed by atoms with E-state index in [9.17, 15) is 4.79 Å². The molecule has 3 N–H and O–H groups in total. The highest BCUT2D eigenvalue weighted by Gasteiger charge is 2.11. The summed E-state index contributed by atoms with van der Waals surface area (Å²) in [6.07, 6.45) is 10.1. The summed E-state index contributed by atoms with van der Waals surface area (Å²) in [5.41, 5.74) is 2.98. The van der Waals surface area contributed by atoms with Crippen LogP contribution >= 0.6 is 0 Å². The van der Waals surface area contributed by atoms with Crippen LogP contribution in [0.15, 0.2) is 49.3 Å². The number of pyridine rings is 1. The van der Waals surface area contributed by atoms with Gasteiger partial charge in [-0.15, -0.1) is 0 Å². The standard InChI is InChI=1S/C15H11N7O2/c23-15(24)11-2-1-10(7-17-11)21-13-14-16-3-4-22(14)12(8-18-13)9-5-19-20-6-9/h1-8H,(H,18,21)(H,19,20)(H,23,24). The second kappa shape index (κ2) is 5.47. The molecule has 0 aliphatic carbocycles. The fraction of sp³-hybridized carbons (Fsp3) is 0. The lowest BCUT2D eigenvalue weighted by Gasteiger charge is -2.09. The Bertz CT molecular complexity index is 1010. The number of rotatable bonds is 4. The summed E-state index contributed by atoms with van der Waals surface area (Å²) in [4.78, 5) is 23.4. The van der Waals surface area contributed by atoms with Crippen molar-refractivity contribution in [1.29, 1.82) is 0 Å². The molecular weight excluding hydrogens is 310 g/mol. The number of imidazole rings is 1. The van der Waals surface area contributed by atoms with Gasteiger partial charge in [0.15, 0.2) is 11.5 Å². The van der Waals surface area contributed by atoms with Crippen LogP contribution in [0.2, 0.25) is 0 Å². The van der Waals surface area contributed by atoms with E-state index in [0.717, 1.165) is 11.3 Å². The molecule has 4 rings (SSSR count). The average molecular weight is 321 g/mol. The summed E-state index contributed by atoms with van der Waals surface area (Å²) in [5, 5.41) is 18.7. The third-order valence-electron chi connectivity index (χ3n) is 3.47. The van der Waals surface area contributed by atoms with Crippen LogP contribution < -0.4 is 5.32 Å². The number of aromatic carboxylic acids is 1. The fourth-order valence-corrected chi connectivity index (χ4v) is 2.34. The van der Waals surface area contributed by atoms with Crippen LogP contribution in [0.3, 0.4) is 0 Å². The zero-order chi connectivity index (χ0) is 16.5.